The normalized spacial score (nSPS) is 15.7. The van der Waals surface area contributed by atoms with Crippen LogP contribution in [0.5, 0.6) is 5.75 Å². The number of rotatable bonds is 7. The van der Waals surface area contributed by atoms with Crippen LogP contribution in [0.2, 0.25) is 0 Å². The van der Waals surface area contributed by atoms with Crippen molar-refractivity contribution in [1.29, 1.82) is 0 Å². The molecular formula is C14H22N4O3. The predicted molar refractivity (Wildman–Crippen MR) is 82.1 cm³/mol. The number of anilines is 1. The van der Waals surface area contributed by atoms with Gasteiger partial charge in [-0.3, -0.25) is 10.1 Å². The molecule has 1 aromatic carbocycles. The molecule has 1 aliphatic heterocycles. The van der Waals surface area contributed by atoms with Gasteiger partial charge in [0.25, 0.3) is 5.69 Å². The van der Waals surface area contributed by atoms with E-state index in [-0.39, 0.29) is 10.6 Å². The van der Waals surface area contributed by atoms with E-state index in [1.807, 2.05) is 0 Å². The number of hydrogen-bond donors (Lipinski definition) is 2. The second-order valence-electron chi connectivity index (χ2n) is 5.01. The zero-order chi connectivity index (χ0) is 15.1. The van der Waals surface area contributed by atoms with Gasteiger partial charge in [-0.15, -0.1) is 0 Å². The summed E-state index contributed by atoms with van der Waals surface area (Å²) >= 11 is 0. The molecule has 0 unspecified atom stereocenters. The van der Waals surface area contributed by atoms with E-state index in [0.717, 1.165) is 39.1 Å². The van der Waals surface area contributed by atoms with Crippen LogP contribution in [0.15, 0.2) is 18.2 Å². The smallest absolute Gasteiger partial charge is 0.292 e. The van der Waals surface area contributed by atoms with Crippen LogP contribution >= 0.6 is 0 Å². The van der Waals surface area contributed by atoms with Crippen LogP contribution in [0.1, 0.15) is 6.42 Å². The molecule has 1 saturated heterocycles. The molecule has 0 spiro atoms. The first-order chi connectivity index (χ1) is 10.2. The van der Waals surface area contributed by atoms with Gasteiger partial charge in [-0.25, -0.2) is 0 Å². The second kappa shape index (κ2) is 7.80. The molecule has 2 N–H and O–H groups in total. The molecule has 1 fully saturated rings. The fraction of sp³-hybridized carbons (Fsp3) is 0.571. The lowest BCUT2D eigenvalue weighted by Crippen LogP contribution is -2.44. The Balaban J connectivity index is 1.84. The molecule has 0 aromatic heterocycles. The maximum Gasteiger partial charge on any atom is 0.292 e. The van der Waals surface area contributed by atoms with Crippen molar-refractivity contribution >= 4 is 11.4 Å². The number of ether oxygens (including phenoxy) is 1. The number of hydrogen-bond acceptors (Lipinski definition) is 6. The summed E-state index contributed by atoms with van der Waals surface area (Å²) in [5.74, 6) is 0.616. The minimum atomic E-state index is -0.377. The van der Waals surface area contributed by atoms with Crippen LogP contribution in [-0.4, -0.2) is 56.2 Å². The molecule has 2 rings (SSSR count). The molecule has 0 radical (unpaired) electrons. The minimum Gasteiger partial charge on any atom is -0.497 e. The Kier molecular flexibility index (Phi) is 5.77. The van der Waals surface area contributed by atoms with E-state index in [1.54, 1.807) is 19.2 Å². The molecule has 1 aromatic rings. The summed E-state index contributed by atoms with van der Waals surface area (Å²) in [7, 11) is 1.55. The Hall–Kier alpha value is -1.86. The lowest BCUT2D eigenvalue weighted by atomic mass is 10.2. The van der Waals surface area contributed by atoms with Crippen LogP contribution in [0, 0.1) is 10.1 Å². The van der Waals surface area contributed by atoms with Crippen molar-refractivity contribution in [2.45, 2.75) is 6.42 Å². The average Bonchev–Trinajstić information content (AvgIpc) is 2.52. The fourth-order valence-corrected chi connectivity index (χ4v) is 2.40. The maximum atomic E-state index is 11.0. The first-order valence-electron chi connectivity index (χ1n) is 7.20. The van der Waals surface area contributed by atoms with E-state index in [9.17, 15) is 10.1 Å². The Bertz CT molecular complexity index is 475. The summed E-state index contributed by atoms with van der Waals surface area (Å²) in [4.78, 5) is 13.0. The second-order valence-corrected chi connectivity index (χ2v) is 5.01. The Morgan fingerprint density at radius 3 is 2.86 bits per heavy atom. The van der Waals surface area contributed by atoms with Gasteiger partial charge in [-0.1, -0.05) is 0 Å². The van der Waals surface area contributed by atoms with Crippen molar-refractivity contribution in [2.24, 2.45) is 0 Å². The van der Waals surface area contributed by atoms with Crippen LogP contribution in [0.4, 0.5) is 11.4 Å². The van der Waals surface area contributed by atoms with Crippen molar-refractivity contribution in [1.82, 2.24) is 10.2 Å². The molecule has 0 atom stereocenters. The van der Waals surface area contributed by atoms with Gasteiger partial charge in [0.15, 0.2) is 0 Å². The summed E-state index contributed by atoms with van der Waals surface area (Å²) in [6.07, 6.45) is 0.953. The molecule has 1 heterocycles. The van der Waals surface area contributed by atoms with Gasteiger partial charge in [0.1, 0.15) is 11.4 Å². The zero-order valence-electron chi connectivity index (χ0n) is 12.3. The number of nitro benzene ring substituents is 1. The molecule has 116 valence electrons. The molecule has 0 saturated carbocycles. The minimum absolute atomic E-state index is 0.0815. The number of piperazine rings is 1. The van der Waals surface area contributed by atoms with Gasteiger partial charge in [0, 0.05) is 44.9 Å². The summed E-state index contributed by atoms with van der Waals surface area (Å²) in [5, 5.41) is 17.5. The van der Waals surface area contributed by atoms with Crippen LogP contribution < -0.4 is 15.4 Å². The van der Waals surface area contributed by atoms with E-state index in [0.29, 0.717) is 18.0 Å². The number of methoxy groups -OCH3 is 1. The molecule has 1 aliphatic rings. The molecule has 21 heavy (non-hydrogen) atoms. The van der Waals surface area contributed by atoms with Crippen molar-refractivity contribution in [3.8, 4) is 5.75 Å². The van der Waals surface area contributed by atoms with E-state index >= 15 is 0 Å². The number of nitrogens with one attached hydrogen (secondary N) is 2. The number of benzene rings is 1. The monoisotopic (exact) mass is 294 g/mol. The third-order valence-corrected chi connectivity index (χ3v) is 3.58. The standard InChI is InChI=1S/C14H22N4O3/c1-21-12-3-4-14(18(19)20)13(11-12)16-5-2-8-17-9-6-15-7-10-17/h3-4,11,15-16H,2,5-10H2,1H3. The Labute approximate surface area is 124 Å². The van der Waals surface area contributed by atoms with Gasteiger partial charge in [-0.05, 0) is 19.0 Å². The van der Waals surface area contributed by atoms with Crippen LogP contribution in [0.3, 0.4) is 0 Å². The average molecular weight is 294 g/mol. The summed E-state index contributed by atoms with van der Waals surface area (Å²) < 4.78 is 5.11. The SMILES string of the molecule is COc1ccc([N+](=O)[O-])c(NCCCN2CCNCC2)c1. The summed E-state index contributed by atoms with van der Waals surface area (Å²) in [5.41, 5.74) is 0.595. The first-order valence-corrected chi connectivity index (χ1v) is 7.20. The zero-order valence-corrected chi connectivity index (χ0v) is 12.3. The lowest BCUT2D eigenvalue weighted by molar-refractivity contribution is -0.384. The molecular weight excluding hydrogens is 272 g/mol. The topological polar surface area (TPSA) is 79.7 Å². The predicted octanol–water partition coefficient (Wildman–Crippen LogP) is 1.31. The van der Waals surface area contributed by atoms with Crippen molar-refractivity contribution in [3.63, 3.8) is 0 Å². The third kappa shape index (κ3) is 4.57. The van der Waals surface area contributed by atoms with E-state index in [1.165, 1.54) is 6.07 Å². The number of nitrogens with zero attached hydrogens (tertiary/aromatic N) is 2. The highest BCUT2D eigenvalue weighted by molar-refractivity contribution is 5.64. The van der Waals surface area contributed by atoms with E-state index in [4.69, 9.17) is 4.74 Å². The largest absolute Gasteiger partial charge is 0.497 e. The third-order valence-electron chi connectivity index (χ3n) is 3.58. The van der Waals surface area contributed by atoms with Crippen molar-refractivity contribution in [3.05, 3.63) is 28.3 Å². The van der Waals surface area contributed by atoms with Gasteiger partial charge in [0.2, 0.25) is 0 Å². The molecule has 7 nitrogen and oxygen atoms in total. The summed E-state index contributed by atoms with van der Waals surface area (Å²) in [6, 6.07) is 4.74. The maximum absolute atomic E-state index is 11.0. The Morgan fingerprint density at radius 1 is 1.43 bits per heavy atom. The van der Waals surface area contributed by atoms with Gasteiger partial charge in [-0.2, -0.15) is 0 Å². The van der Waals surface area contributed by atoms with Crippen LogP contribution in [0.25, 0.3) is 0 Å². The fourth-order valence-electron chi connectivity index (χ4n) is 2.40. The van der Waals surface area contributed by atoms with Gasteiger partial charge in [0.05, 0.1) is 12.0 Å². The van der Waals surface area contributed by atoms with Crippen LogP contribution in [-0.2, 0) is 0 Å². The highest BCUT2D eigenvalue weighted by Gasteiger charge is 2.14. The quantitative estimate of drug-likeness (QED) is 0.448. The van der Waals surface area contributed by atoms with E-state index < -0.39 is 0 Å². The highest BCUT2D eigenvalue weighted by Crippen LogP contribution is 2.28. The molecule has 7 heteroatoms. The number of nitro groups is 1. The summed E-state index contributed by atoms with van der Waals surface area (Å²) in [6.45, 7) is 5.92. The van der Waals surface area contributed by atoms with Crippen molar-refractivity contribution in [2.75, 3.05) is 51.7 Å². The highest BCUT2D eigenvalue weighted by atomic mass is 16.6. The Morgan fingerprint density at radius 2 is 2.19 bits per heavy atom. The van der Waals surface area contributed by atoms with Gasteiger partial charge < -0.3 is 20.3 Å². The molecule has 0 aliphatic carbocycles. The lowest BCUT2D eigenvalue weighted by Gasteiger charge is -2.27. The first kappa shape index (κ1) is 15.5. The molecule has 0 bridgehead atoms. The molecule has 0 amide bonds. The van der Waals surface area contributed by atoms with Gasteiger partial charge >= 0.3 is 0 Å². The van der Waals surface area contributed by atoms with E-state index in [2.05, 4.69) is 15.5 Å². The van der Waals surface area contributed by atoms with Crippen molar-refractivity contribution < 1.29 is 9.66 Å².